The Morgan fingerprint density at radius 1 is 1.20 bits per heavy atom. The highest BCUT2D eigenvalue weighted by atomic mass is 19.4. The predicted molar refractivity (Wildman–Crippen MR) is 61.8 cm³/mol. The minimum Gasteiger partial charge on any atom is -0.336 e. The van der Waals surface area contributed by atoms with Gasteiger partial charge in [-0.1, -0.05) is 24.3 Å². The van der Waals surface area contributed by atoms with Gasteiger partial charge >= 0.3 is 18.0 Å². The molecule has 0 heterocycles. The maximum Gasteiger partial charge on any atom is 0.463 e. The summed E-state index contributed by atoms with van der Waals surface area (Å²) in [6, 6.07) is 6.30. The van der Waals surface area contributed by atoms with E-state index in [9.17, 15) is 26.7 Å². The van der Waals surface area contributed by atoms with Crippen LogP contribution in [0.1, 0.15) is 11.1 Å². The summed E-state index contributed by atoms with van der Waals surface area (Å²) in [4.78, 5) is 11.5. The first-order valence-corrected chi connectivity index (χ1v) is 5.57. The third kappa shape index (κ3) is 3.44. The van der Waals surface area contributed by atoms with E-state index in [1.165, 1.54) is 12.1 Å². The third-order valence-corrected chi connectivity index (χ3v) is 2.62. The topological polar surface area (TPSA) is 46.3 Å². The van der Waals surface area contributed by atoms with E-state index in [2.05, 4.69) is 0 Å². The molecule has 112 valence electrons. The van der Waals surface area contributed by atoms with Crippen molar-refractivity contribution in [2.75, 3.05) is 7.05 Å². The molecule has 2 N–H and O–H groups in total. The van der Waals surface area contributed by atoms with Crippen molar-refractivity contribution in [3.8, 4) is 0 Å². The first-order valence-electron chi connectivity index (χ1n) is 5.57. The lowest BCUT2D eigenvalue weighted by Gasteiger charge is -2.25. The van der Waals surface area contributed by atoms with Crippen molar-refractivity contribution < 1.29 is 26.7 Å². The number of amides is 1. The highest BCUT2D eigenvalue weighted by Crippen LogP contribution is 2.36. The molecule has 1 rings (SSSR count). The molecule has 0 unspecified atom stereocenters. The van der Waals surface area contributed by atoms with Gasteiger partial charge in [0.25, 0.3) is 0 Å². The molecule has 1 aromatic rings. The molecular weight excluding hydrogens is 283 g/mol. The maximum absolute atomic E-state index is 12.9. The summed E-state index contributed by atoms with van der Waals surface area (Å²) in [6.07, 6.45) is -5.91. The molecule has 0 radical (unpaired) electrons. The van der Waals surface area contributed by atoms with Crippen LogP contribution in [-0.2, 0) is 17.9 Å². The average Bonchev–Trinajstić information content (AvgIpc) is 2.36. The van der Waals surface area contributed by atoms with Crippen LogP contribution in [0.5, 0.6) is 0 Å². The summed E-state index contributed by atoms with van der Waals surface area (Å²) in [5, 5.41) is 0. The molecule has 0 aliphatic rings. The lowest BCUT2D eigenvalue weighted by atomic mass is 10.1. The second-order valence-electron chi connectivity index (χ2n) is 4.26. The van der Waals surface area contributed by atoms with E-state index in [4.69, 9.17) is 5.73 Å². The zero-order valence-corrected chi connectivity index (χ0v) is 10.5. The van der Waals surface area contributed by atoms with Gasteiger partial charge in [0.15, 0.2) is 0 Å². The number of halogens is 5. The van der Waals surface area contributed by atoms with Crippen LogP contribution in [0, 0.1) is 0 Å². The first-order chi connectivity index (χ1) is 9.09. The fourth-order valence-corrected chi connectivity index (χ4v) is 1.56. The SMILES string of the molecule is CN(Cc1cccc(CN)c1)C(=O)C(F)(F)C(F)(F)F. The van der Waals surface area contributed by atoms with Crippen LogP contribution < -0.4 is 5.73 Å². The van der Waals surface area contributed by atoms with Crippen LogP contribution in [0.25, 0.3) is 0 Å². The van der Waals surface area contributed by atoms with E-state index >= 15 is 0 Å². The summed E-state index contributed by atoms with van der Waals surface area (Å²) >= 11 is 0. The quantitative estimate of drug-likeness (QED) is 0.867. The van der Waals surface area contributed by atoms with E-state index in [1.807, 2.05) is 0 Å². The van der Waals surface area contributed by atoms with Gasteiger partial charge in [-0.05, 0) is 11.1 Å². The molecule has 3 nitrogen and oxygen atoms in total. The number of hydrogen-bond acceptors (Lipinski definition) is 2. The molecule has 0 bridgehead atoms. The zero-order chi connectivity index (χ0) is 15.6. The van der Waals surface area contributed by atoms with E-state index in [-0.39, 0.29) is 13.1 Å². The van der Waals surface area contributed by atoms with Crippen molar-refractivity contribution in [1.82, 2.24) is 4.90 Å². The smallest absolute Gasteiger partial charge is 0.336 e. The minimum atomic E-state index is -5.91. The Hall–Kier alpha value is -1.70. The number of nitrogens with two attached hydrogens (primary N) is 1. The Balaban J connectivity index is 2.85. The largest absolute Gasteiger partial charge is 0.463 e. The van der Waals surface area contributed by atoms with Crippen molar-refractivity contribution in [1.29, 1.82) is 0 Å². The molecule has 1 amide bonds. The Labute approximate surface area is 112 Å². The van der Waals surface area contributed by atoms with Gasteiger partial charge in [-0.3, -0.25) is 4.79 Å². The standard InChI is InChI=1S/C12H13F5N2O/c1-19(10(20)11(13,14)12(15,16)17)7-9-4-2-3-8(5-9)6-18/h2-5H,6-7,18H2,1H3. The number of hydrogen-bond donors (Lipinski definition) is 1. The number of alkyl halides is 5. The first kappa shape index (κ1) is 16.4. The molecule has 0 atom stereocenters. The molecule has 0 aliphatic carbocycles. The highest BCUT2D eigenvalue weighted by molar-refractivity contribution is 5.84. The Morgan fingerprint density at radius 3 is 2.25 bits per heavy atom. The Bertz CT molecular complexity index is 487. The highest BCUT2D eigenvalue weighted by Gasteiger charge is 2.64. The minimum absolute atomic E-state index is 0.199. The van der Waals surface area contributed by atoms with Gasteiger partial charge in [0.1, 0.15) is 0 Å². The van der Waals surface area contributed by atoms with Crippen molar-refractivity contribution in [2.45, 2.75) is 25.2 Å². The van der Waals surface area contributed by atoms with Crippen LogP contribution in [0.3, 0.4) is 0 Å². The predicted octanol–water partition coefficient (Wildman–Crippen LogP) is 2.30. The monoisotopic (exact) mass is 296 g/mol. The number of rotatable bonds is 4. The second-order valence-corrected chi connectivity index (χ2v) is 4.26. The molecule has 0 fully saturated rings. The normalized spacial score (nSPS) is 12.3. The number of carbonyl (C=O) groups excluding carboxylic acids is 1. The second kappa shape index (κ2) is 5.74. The van der Waals surface area contributed by atoms with Crippen LogP contribution >= 0.6 is 0 Å². The van der Waals surface area contributed by atoms with Gasteiger partial charge in [-0.2, -0.15) is 22.0 Å². The van der Waals surface area contributed by atoms with Gasteiger partial charge in [-0.15, -0.1) is 0 Å². The van der Waals surface area contributed by atoms with E-state index < -0.39 is 18.0 Å². The molecule has 0 aliphatic heterocycles. The van der Waals surface area contributed by atoms with Crippen molar-refractivity contribution in [3.63, 3.8) is 0 Å². The van der Waals surface area contributed by atoms with Crippen LogP contribution in [0.4, 0.5) is 22.0 Å². The van der Waals surface area contributed by atoms with Gasteiger partial charge in [0, 0.05) is 20.1 Å². The molecule has 20 heavy (non-hydrogen) atoms. The summed E-state index contributed by atoms with van der Waals surface area (Å²) < 4.78 is 62.0. The molecule has 8 heteroatoms. The molecule has 1 aromatic carbocycles. The molecular formula is C12H13F5N2O. The van der Waals surface area contributed by atoms with Gasteiger partial charge < -0.3 is 10.6 Å². The molecule has 0 saturated heterocycles. The summed E-state index contributed by atoms with van der Waals surface area (Å²) in [7, 11) is 0.886. The van der Waals surface area contributed by atoms with Crippen LogP contribution in [0.2, 0.25) is 0 Å². The third-order valence-electron chi connectivity index (χ3n) is 2.62. The van der Waals surface area contributed by atoms with Crippen molar-refractivity contribution >= 4 is 5.91 Å². The van der Waals surface area contributed by atoms with Gasteiger partial charge in [-0.25, -0.2) is 0 Å². The fourth-order valence-electron chi connectivity index (χ4n) is 1.56. The average molecular weight is 296 g/mol. The van der Waals surface area contributed by atoms with Crippen LogP contribution in [-0.4, -0.2) is 30.0 Å². The summed E-state index contributed by atoms with van der Waals surface area (Å²) in [6.45, 7) is -0.164. The van der Waals surface area contributed by atoms with E-state index in [1.54, 1.807) is 12.1 Å². The molecule has 0 saturated carbocycles. The summed E-state index contributed by atoms with van der Waals surface area (Å²) in [5.41, 5.74) is 6.49. The Kier molecular flexibility index (Phi) is 4.69. The van der Waals surface area contributed by atoms with Gasteiger partial charge in [0.2, 0.25) is 0 Å². The van der Waals surface area contributed by atoms with Crippen LogP contribution in [0.15, 0.2) is 24.3 Å². The fraction of sp³-hybridized carbons (Fsp3) is 0.417. The lowest BCUT2D eigenvalue weighted by Crippen LogP contribution is -2.50. The number of benzene rings is 1. The number of nitrogens with zero attached hydrogens (tertiary/aromatic N) is 1. The van der Waals surface area contributed by atoms with E-state index in [0.717, 1.165) is 7.05 Å². The van der Waals surface area contributed by atoms with Crippen molar-refractivity contribution in [3.05, 3.63) is 35.4 Å². The lowest BCUT2D eigenvalue weighted by molar-refractivity contribution is -0.274. The Morgan fingerprint density at radius 2 is 1.75 bits per heavy atom. The summed E-state index contributed by atoms with van der Waals surface area (Å²) in [5.74, 6) is -7.68. The molecule has 0 spiro atoms. The van der Waals surface area contributed by atoms with Gasteiger partial charge in [0.05, 0.1) is 0 Å². The van der Waals surface area contributed by atoms with E-state index in [0.29, 0.717) is 16.0 Å². The molecule has 0 aromatic heterocycles. The zero-order valence-electron chi connectivity index (χ0n) is 10.5. The van der Waals surface area contributed by atoms with Crippen molar-refractivity contribution in [2.24, 2.45) is 5.73 Å². The number of carbonyl (C=O) groups is 1. The maximum atomic E-state index is 12.9.